The molecule has 2 atom stereocenters. The maximum Gasteiger partial charge on any atom is 0.305 e. The van der Waals surface area contributed by atoms with Gasteiger partial charge in [0.1, 0.15) is 0 Å². The van der Waals surface area contributed by atoms with Gasteiger partial charge in [-0.2, -0.15) is 0 Å². The summed E-state index contributed by atoms with van der Waals surface area (Å²) in [6.45, 7) is 4.94. The van der Waals surface area contributed by atoms with E-state index in [0.29, 0.717) is 19.4 Å². The minimum Gasteiger partial charge on any atom is -0.466 e. The number of hydrogen-bond acceptors (Lipinski definition) is 5. The van der Waals surface area contributed by atoms with E-state index < -0.39 is 12.1 Å². The number of hydrogen-bond donors (Lipinski definition) is 3. The molecule has 0 radical (unpaired) electrons. The molecule has 0 rings (SSSR count). The van der Waals surface area contributed by atoms with E-state index >= 15 is 0 Å². The largest absolute Gasteiger partial charge is 0.466 e. The lowest BCUT2D eigenvalue weighted by Gasteiger charge is -2.20. The molecule has 73 heavy (non-hydrogen) atoms. The number of unbranched alkanes of at least 4 members (excludes halogenated alkanes) is 52. The Balaban J connectivity index is 3.39. The van der Waals surface area contributed by atoms with Crippen LogP contribution < -0.4 is 5.32 Å². The first-order valence-electron chi connectivity index (χ1n) is 33.5. The van der Waals surface area contributed by atoms with Gasteiger partial charge in [-0.3, -0.25) is 9.59 Å². The van der Waals surface area contributed by atoms with Crippen LogP contribution in [-0.4, -0.2) is 47.4 Å². The van der Waals surface area contributed by atoms with Crippen molar-refractivity contribution < 1.29 is 24.5 Å². The number of aliphatic hydroxyl groups excluding tert-OH is 2. The maximum atomic E-state index is 12.5. The lowest BCUT2D eigenvalue weighted by molar-refractivity contribution is -0.143. The van der Waals surface area contributed by atoms with Crippen molar-refractivity contribution in [3.05, 3.63) is 12.2 Å². The Kier molecular flexibility index (Phi) is 61.9. The average Bonchev–Trinajstić information content (AvgIpc) is 3.39. The van der Waals surface area contributed by atoms with Crippen LogP contribution in [0.15, 0.2) is 12.2 Å². The molecular weight excluding hydrogens is 899 g/mol. The number of ether oxygens (including phenoxy) is 1. The molecule has 6 nitrogen and oxygen atoms in total. The van der Waals surface area contributed by atoms with Crippen molar-refractivity contribution in [2.45, 2.75) is 392 Å². The monoisotopic (exact) mass is 1030 g/mol. The van der Waals surface area contributed by atoms with Gasteiger partial charge in [0.05, 0.1) is 25.4 Å². The molecule has 0 heterocycles. The molecule has 434 valence electrons. The first-order valence-corrected chi connectivity index (χ1v) is 33.5. The van der Waals surface area contributed by atoms with Gasteiger partial charge in [0.15, 0.2) is 0 Å². The summed E-state index contributed by atoms with van der Waals surface area (Å²) < 4.78 is 5.49. The van der Waals surface area contributed by atoms with Crippen LogP contribution in [-0.2, 0) is 14.3 Å². The molecule has 0 aromatic rings. The Bertz CT molecular complexity index is 1100. The lowest BCUT2D eigenvalue weighted by atomic mass is 10.0. The van der Waals surface area contributed by atoms with Crippen molar-refractivity contribution in [1.82, 2.24) is 5.32 Å². The minimum atomic E-state index is -0.844. The number of esters is 1. The fourth-order valence-corrected chi connectivity index (χ4v) is 10.7. The number of carbonyl (C=O) groups is 2. The van der Waals surface area contributed by atoms with E-state index in [0.717, 1.165) is 38.5 Å². The predicted molar refractivity (Wildman–Crippen MR) is 320 cm³/mol. The number of nitrogens with one attached hydrogen (secondary N) is 1. The van der Waals surface area contributed by atoms with E-state index in [1.54, 1.807) is 6.08 Å². The van der Waals surface area contributed by atoms with Crippen LogP contribution in [0.2, 0.25) is 0 Å². The SMILES string of the molecule is CCCCCCCCCCCCCCCCCCC/C=C/C(O)C(CO)NC(=O)CCCCCCCCCCCCCCCCCCCCCCCCCOC(=O)CCCCCCCCCCCCCCCC. The second-order valence-electron chi connectivity index (χ2n) is 23.2. The summed E-state index contributed by atoms with van der Waals surface area (Å²) in [6, 6.07) is -0.627. The molecule has 1 amide bonds. The molecule has 0 aliphatic carbocycles. The highest BCUT2D eigenvalue weighted by Gasteiger charge is 2.18. The van der Waals surface area contributed by atoms with Crippen LogP contribution in [0.25, 0.3) is 0 Å². The fraction of sp³-hybridized carbons (Fsp3) is 0.940. The molecule has 0 fully saturated rings. The van der Waals surface area contributed by atoms with Gasteiger partial charge in [0.25, 0.3) is 0 Å². The van der Waals surface area contributed by atoms with E-state index in [9.17, 15) is 19.8 Å². The highest BCUT2D eigenvalue weighted by molar-refractivity contribution is 5.76. The Morgan fingerprint density at radius 2 is 0.630 bits per heavy atom. The summed E-state index contributed by atoms with van der Waals surface area (Å²) in [5.41, 5.74) is 0. The second-order valence-corrected chi connectivity index (χ2v) is 23.2. The van der Waals surface area contributed by atoms with Crippen LogP contribution in [0.3, 0.4) is 0 Å². The summed E-state index contributed by atoms with van der Waals surface area (Å²) in [7, 11) is 0. The van der Waals surface area contributed by atoms with Gasteiger partial charge in [-0.25, -0.2) is 0 Å². The third kappa shape index (κ3) is 59.7. The standard InChI is InChI=1S/C67H131NO5/c1-3-5-7-9-11-13-15-17-19-20-26-29-32-35-39-43-47-51-55-59-65(70)64(63-69)68-66(71)60-56-52-48-44-40-36-33-30-27-24-22-21-23-25-28-31-34-38-42-46-50-54-58-62-73-67(72)61-57-53-49-45-41-37-18-16-14-12-10-8-6-4-2/h55,59,64-65,69-70H,3-54,56-58,60-63H2,1-2H3,(H,68,71)/b59-55+. The molecule has 0 spiro atoms. The Hall–Kier alpha value is -1.40. The molecule has 0 bridgehead atoms. The predicted octanol–water partition coefficient (Wildman–Crippen LogP) is 21.2. The minimum absolute atomic E-state index is 0.0171. The molecule has 0 aliphatic heterocycles. The molecule has 6 heteroatoms. The van der Waals surface area contributed by atoms with E-state index in [-0.39, 0.29) is 18.5 Å². The van der Waals surface area contributed by atoms with Crippen LogP contribution in [0.4, 0.5) is 0 Å². The smallest absolute Gasteiger partial charge is 0.305 e. The summed E-state index contributed by atoms with van der Waals surface area (Å²) in [5, 5.41) is 23.2. The van der Waals surface area contributed by atoms with Gasteiger partial charge < -0.3 is 20.3 Å². The highest BCUT2D eigenvalue weighted by atomic mass is 16.5. The first-order chi connectivity index (χ1) is 36.0. The lowest BCUT2D eigenvalue weighted by Crippen LogP contribution is -2.45. The highest BCUT2D eigenvalue weighted by Crippen LogP contribution is 2.19. The zero-order chi connectivity index (χ0) is 52.9. The molecule has 3 N–H and O–H groups in total. The second kappa shape index (κ2) is 63.1. The van der Waals surface area contributed by atoms with Crippen molar-refractivity contribution in [3.63, 3.8) is 0 Å². The van der Waals surface area contributed by atoms with Crippen molar-refractivity contribution in [3.8, 4) is 0 Å². The van der Waals surface area contributed by atoms with Crippen LogP contribution >= 0.6 is 0 Å². The Morgan fingerprint density at radius 3 is 0.932 bits per heavy atom. The average molecular weight is 1030 g/mol. The number of aliphatic hydroxyl groups is 2. The summed E-state index contributed by atoms with van der Waals surface area (Å²) in [4.78, 5) is 24.6. The number of rotatable bonds is 63. The van der Waals surface area contributed by atoms with Gasteiger partial charge in [0, 0.05) is 12.8 Å². The third-order valence-corrected chi connectivity index (χ3v) is 15.8. The van der Waals surface area contributed by atoms with E-state index in [4.69, 9.17) is 4.74 Å². The molecule has 0 aliphatic rings. The Labute approximate surface area is 457 Å². The number of allylic oxidation sites excluding steroid dienone is 1. The van der Waals surface area contributed by atoms with Crippen LogP contribution in [0.1, 0.15) is 380 Å². The maximum absolute atomic E-state index is 12.5. The van der Waals surface area contributed by atoms with Crippen molar-refractivity contribution in [2.24, 2.45) is 0 Å². The normalized spacial score (nSPS) is 12.5. The van der Waals surface area contributed by atoms with Gasteiger partial charge in [-0.05, 0) is 32.1 Å². The zero-order valence-electron chi connectivity index (χ0n) is 49.6. The quantitative estimate of drug-likeness (QED) is 0.0320. The molecule has 0 saturated carbocycles. The van der Waals surface area contributed by atoms with Gasteiger partial charge >= 0.3 is 5.97 Å². The molecule has 0 aromatic heterocycles. The third-order valence-electron chi connectivity index (χ3n) is 15.8. The van der Waals surface area contributed by atoms with Crippen LogP contribution in [0.5, 0.6) is 0 Å². The summed E-state index contributed by atoms with van der Waals surface area (Å²) in [5.74, 6) is -0.0465. The van der Waals surface area contributed by atoms with Gasteiger partial charge in [-0.15, -0.1) is 0 Å². The van der Waals surface area contributed by atoms with E-state index in [1.807, 2.05) is 6.08 Å². The zero-order valence-corrected chi connectivity index (χ0v) is 49.6. The number of amides is 1. The van der Waals surface area contributed by atoms with E-state index in [2.05, 4.69) is 19.2 Å². The first kappa shape index (κ1) is 71.6. The fourth-order valence-electron chi connectivity index (χ4n) is 10.7. The van der Waals surface area contributed by atoms with Gasteiger partial charge in [0.2, 0.25) is 5.91 Å². The van der Waals surface area contributed by atoms with Crippen molar-refractivity contribution in [2.75, 3.05) is 13.2 Å². The molecule has 0 aromatic carbocycles. The van der Waals surface area contributed by atoms with Crippen molar-refractivity contribution >= 4 is 11.9 Å². The van der Waals surface area contributed by atoms with Crippen LogP contribution in [0, 0.1) is 0 Å². The topological polar surface area (TPSA) is 95.9 Å². The molecule has 0 saturated heterocycles. The van der Waals surface area contributed by atoms with Gasteiger partial charge in [-0.1, -0.05) is 347 Å². The Morgan fingerprint density at radius 1 is 0.370 bits per heavy atom. The van der Waals surface area contributed by atoms with E-state index in [1.165, 1.54) is 315 Å². The summed E-state index contributed by atoms with van der Waals surface area (Å²) in [6.07, 6.45) is 77.0. The van der Waals surface area contributed by atoms with Crippen molar-refractivity contribution in [1.29, 1.82) is 0 Å². The summed E-state index contributed by atoms with van der Waals surface area (Å²) >= 11 is 0. The molecular formula is C67H131NO5. The number of carbonyl (C=O) groups excluding carboxylic acids is 2. The molecule has 2 unspecified atom stereocenters.